The number of hydrogen-bond acceptors (Lipinski definition) is 5. The number of rotatable bonds is 9. The first-order valence-corrected chi connectivity index (χ1v) is 13.4. The van der Waals surface area contributed by atoms with Gasteiger partial charge in [-0.15, -0.1) is 0 Å². The molecule has 0 unspecified atom stereocenters. The topological polar surface area (TPSA) is 71.2 Å². The van der Waals surface area contributed by atoms with Crippen molar-refractivity contribution in [3.8, 4) is 11.1 Å². The van der Waals surface area contributed by atoms with E-state index in [1.165, 1.54) is 12.1 Å². The highest BCUT2D eigenvalue weighted by atomic mass is 35.5. The average molecular weight is 509 g/mol. The third kappa shape index (κ3) is 5.72. The number of carbonyl (C=O) groups excluding carboxylic acids is 1. The molecule has 2 saturated carbocycles. The minimum Gasteiger partial charge on any atom is -0.381 e. The lowest BCUT2D eigenvalue weighted by Gasteiger charge is -2.32. The van der Waals surface area contributed by atoms with Crippen molar-refractivity contribution in [3.05, 3.63) is 59.0 Å². The lowest BCUT2D eigenvalue weighted by molar-refractivity contribution is 0.0968. The Labute approximate surface area is 217 Å². The Balaban J connectivity index is 1.45. The van der Waals surface area contributed by atoms with Gasteiger partial charge in [0.25, 0.3) is 0 Å². The molecule has 3 N–H and O–H groups in total. The molecular weight excluding hydrogens is 475 g/mol. The Hall–Kier alpha value is -2.54. The zero-order valence-corrected chi connectivity index (χ0v) is 21.5. The summed E-state index contributed by atoms with van der Waals surface area (Å²) in [6.07, 6.45) is 8.03. The molecule has 1 aromatic heterocycles. The van der Waals surface area contributed by atoms with E-state index in [0.717, 1.165) is 73.8 Å². The molecule has 2 aliphatic carbocycles. The number of nitrogens with two attached hydrogens (primary N) is 1. The molecule has 7 heteroatoms. The standard InChI is InChI=1S/C29H34ClFN4O/c1-35(11-10-32)17-18-2-7-24(8-3-18)34-28-25-14-20(21-12-22(30)15-23(31)13-21)6-9-27(25)33-16-26(28)29(36)19-4-5-19/h6,9,12-16,18-19,24H,2-5,7-8,10-11,17,32H2,1H3,(H,33,34). The fraction of sp³-hybridized carbons (Fsp3) is 0.448. The lowest BCUT2D eigenvalue weighted by atomic mass is 9.85. The van der Waals surface area contributed by atoms with Gasteiger partial charge in [-0.3, -0.25) is 9.78 Å². The molecule has 3 aromatic rings. The van der Waals surface area contributed by atoms with Gasteiger partial charge in [0.2, 0.25) is 0 Å². The second-order valence-electron chi connectivity index (χ2n) is 10.5. The maximum atomic E-state index is 14.1. The van der Waals surface area contributed by atoms with Gasteiger partial charge in [-0.25, -0.2) is 4.39 Å². The predicted octanol–water partition coefficient (Wildman–Crippen LogP) is 6.15. The summed E-state index contributed by atoms with van der Waals surface area (Å²) in [6.45, 7) is 2.68. The van der Waals surface area contributed by atoms with Crippen LogP contribution in [0.1, 0.15) is 48.9 Å². The molecule has 2 aromatic carbocycles. The summed E-state index contributed by atoms with van der Waals surface area (Å²) in [5.41, 5.74) is 9.60. The molecule has 5 rings (SSSR count). The van der Waals surface area contributed by atoms with Crippen LogP contribution >= 0.6 is 11.6 Å². The van der Waals surface area contributed by atoms with E-state index in [-0.39, 0.29) is 17.5 Å². The van der Waals surface area contributed by atoms with Gasteiger partial charge in [-0.2, -0.15) is 0 Å². The number of nitrogens with one attached hydrogen (secondary N) is 1. The van der Waals surface area contributed by atoms with Crippen molar-refractivity contribution in [1.82, 2.24) is 9.88 Å². The first kappa shape index (κ1) is 25.1. The second kappa shape index (κ2) is 10.8. The minimum atomic E-state index is -0.374. The van der Waals surface area contributed by atoms with Crippen molar-refractivity contribution < 1.29 is 9.18 Å². The number of Topliss-reactive ketones (excluding diaryl/α,β-unsaturated/α-hetero) is 1. The summed E-state index contributed by atoms with van der Waals surface area (Å²) in [4.78, 5) is 20.2. The fourth-order valence-electron chi connectivity index (χ4n) is 5.45. The molecular formula is C29H34ClFN4O. The number of nitrogens with zero attached hydrogens (tertiary/aromatic N) is 2. The molecule has 190 valence electrons. The van der Waals surface area contributed by atoms with Crippen LogP contribution in [-0.4, -0.2) is 48.4 Å². The van der Waals surface area contributed by atoms with Gasteiger partial charge in [0.05, 0.1) is 16.8 Å². The monoisotopic (exact) mass is 508 g/mol. The molecule has 0 aliphatic heterocycles. The number of pyridine rings is 1. The Morgan fingerprint density at radius 3 is 2.58 bits per heavy atom. The number of anilines is 1. The van der Waals surface area contributed by atoms with Gasteiger partial charge in [0, 0.05) is 48.2 Å². The number of aromatic nitrogens is 1. The molecule has 5 nitrogen and oxygen atoms in total. The van der Waals surface area contributed by atoms with Gasteiger partial charge >= 0.3 is 0 Å². The van der Waals surface area contributed by atoms with E-state index in [0.29, 0.717) is 34.7 Å². The number of hydrogen-bond donors (Lipinski definition) is 2. The first-order valence-electron chi connectivity index (χ1n) is 13.0. The molecule has 0 spiro atoms. The Morgan fingerprint density at radius 2 is 1.89 bits per heavy atom. The average Bonchev–Trinajstić information content (AvgIpc) is 3.70. The number of likely N-dealkylation sites (N-methyl/N-ethyl adjacent to an activating group) is 1. The van der Waals surface area contributed by atoms with Gasteiger partial charge in [-0.1, -0.05) is 17.7 Å². The Bertz CT molecular complexity index is 1230. The van der Waals surface area contributed by atoms with Crippen LogP contribution in [0, 0.1) is 17.7 Å². The summed E-state index contributed by atoms with van der Waals surface area (Å²) < 4.78 is 14.1. The van der Waals surface area contributed by atoms with Crippen molar-refractivity contribution in [2.24, 2.45) is 17.6 Å². The third-order valence-electron chi connectivity index (χ3n) is 7.55. The normalized spacial score (nSPS) is 20.1. The minimum absolute atomic E-state index is 0.101. The highest BCUT2D eigenvalue weighted by molar-refractivity contribution is 6.30. The summed E-state index contributed by atoms with van der Waals surface area (Å²) in [5, 5.41) is 5.01. The maximum Gasteiger partial charge on any atom is 0.169 e. The summed E-state index contributed by atoms with van der Waals surface area (Å²) in [6, 6.07) is 10.7. The fourth-order valence-corrected chi connectivity index (χ4v) is 5.67. The summed E-state index contributed by atoms with van der Waals surface area (Å²) in [5.74, 6) is 0.568. The first-order chi connectivity index (χ1) is 17.4. The van der Waals surface area contributed by atoms with Crippen LogP contribution in [-0.2, 0) is 0 Å². The highest BCUT2D eigenvalue weighted by Crippen LogP contribution is 2.39. The van der Waals surface area contributed by atoms with Crippen LogP contribution in [0.3, 0.4) is 0 Å². The number of ketones is 1. The van der Waals surface area contributed by atoms with Crippen molar-refractivity contribution in [3.63, 3.8) is 0 Å². The van der Waals surface area contributed by atoms with Crippen LogP contribution in [0.25, 0.3) is 22.0 Å². The molecule has 0 amide bonds. The Morgan fingerprint density at radius 1 is 1.11 bits per heavy atom. The van der Waals surface area contributed by atoms with Gasteiger partial charge in [-0.05, 0) is 92.9 Å². The summed E-state index contributed by atoms with van der Waals surface area (Å²) in [7, 11) is 2.14. The molecule has 0 saturated heterocycles. The number of carbonyl (C=O) groups is 1. The lowest BCUT2D eigenvalue weighted by Crippen LogP contribution is -2.34. The van der Waals surface area contributed by atoms with E-state index < -0.39 is 0 Å². The third-order valence-corrected chi connectivity index (χ3v) is 7.77. The van der Waals surface area contributed by atoms with E-state index in [1.807, 2.05) is 18.2 Å². The number of benzene rings is 2. The zero-order chi connectivity index (χ0) is 25.2. The zero-order valence-electron chi connectivity index (χ0n) is 20.8. The van der Waals surface area contributed by atoms with Crippen LogP contribution in [0.15, 0.2) is 42.6 Å². The van der Waals surface area contributed by atoms with E-state index in [1.54, 1.807) is 12.3 Å². The van der Waals surface area contributed by atoms with Crippen molar-refractivity contribution in [1.29, 1.82) is 0 Å². The number of halogens is 2. The molecule has 2 fully saturated rings. The van der Waals surface area contributed by atoms with Crippen molar-refractivity contribution in [2.75, 3.05) is 32.0 Å². The van der Waals surface area contributed by atoms with E-state index >= 15 is 0 Å². The van der Waals surface area contributed by atoms with Crippen molar-refractivity contribution in [2.45, 2.75) is 44.6 Å². The van der Waals surface area contributed by atoms with E-state index in [9.17, 15) is 9.18 Å². The quantitative estimate of drug-likeness (QED) is 0.339. The Kier molecular flexibility index (Phi) is 7.56. The van der Waals surface area contributed by atoms with E-state index in [2.05, 4.69) is 22.2 Å². The molecule has 0 bridgehead atoms. The maximum absolute atomic E-state index is 14.1. The molecule has 0 radical (unpaired) electrons. The largest absolute Gasteiger partial charge is 0.381 e. The summed E-state index contributed by atoms with van der Waals surface area (Å²) >= 11 is 6.13. The van der Waals surface area contributed by atoms with Crippen LogP contribution in [0.5, 0.6) is 0 Å². The SMILES string of the molecule is CN(CCN)CC1CCC(Nc2c(C(=O)C3CC3)cnc3ccc(-c4cc(F)cc(Cl)c4)cc23)CC1. The van der Waals surface area contributed by atoms with Crippen LogP contribution in [0.4, 0.5) is 10.1 Å². The molecule has 0 atom stereocenters. The van der Waals surface area contributed by atoms with E-state index in [4.69, 9.17) is 17.3 Å². The molecule has 1 heterocycles. The van der Waals surface area contributed by atoms with Gasteiger partial charge in [0.1, 0.15) is 5.82 Å². The van der Waals surface area contributed by atoms with Crippen LogP contribution in [0.2, 0.25) is 5.02 Å². The molecule has 36 heavy (non-hydrogen) atoms. The smallest absolute Gasteiger partial charge is 0.169 e. The van der Waals surface area contributed by atoms with Crippen LogP contribution < -0.4 is 11.1 Å². The highest BCUT2D eigenvalue weighted by Gasteiger charge is 2.33. The number of fused-ring (bicyclic) bond motifs is 1. The van der Waals surface area contributed by atoms with Gasteiger partial charge < -0.3 is 16.0 Å². The van der Waals surface area contributed by atoms with Gasteiger partial charge in [0.15, 0.2) is 5.78 Å². The van der Waals surface area contributed by atoms with Crippen molar-refractivity contribution >= 4 is 34.0 Å². The molecule has 2 aliphatic rings. The predicted molar refractivity (Wildman–Crippen MR) is 145 cm³/mol. The second-order valence-corrected chi connectivity index (χ2v) is 10.9.